The van der Waals surface area contributed by atoms with Gasteiger partial charge in [-0.1, -0.05) is 6.07 Å². The second kappa shape index (κ2) is 9.86. The third kappa shape index (κ3) is 5.07. The van der Waals surface area contributed by atoms with Gasteiger partial charge in [-0.05, 0) is 30.5 Å². The number of nitrogens with one attached hydrogen (secondary N) is 1. The number of anilines is 2. The van der Waals surface area contributed by atoms with E-state index in [0.29, 0.717) is 19.0 Å². The number of hydrogen-bond acceptors (Lipinski definition) is 9. The summed E-state index contributed by atoms with van der Waals surface area (Å²) >= 11 is 0. The van der Waals surface area contributed by atoms with E-state index in [0.717, 1.165) is 67.8 Å². The number of carbonyl (C=O) groups excluding carboxylic acids is 1. The maximum Gasteiger partial charge on any atom is 0.219 e. The highest BCUT2D eigenvalue weighted by molar-refractivity contribution is 5.91. The second-order valence-electron chi connectivity index (χ2n) is 8.90. The summed E-state index contributed by atoms with van der Waals surface area (Å²) in [6.07, 6.45) is 5.26. The quantitative estimate of drug-likeness (QED) is 0.582. The Bertz CT molecular complexity index is 1160. The molecule has 10 heteroatoms. The Balaban J connectivity index is 1.43. The third-order valence-corrected chi connectivity index (χ3v) is 6.38. The number of ether oxygens (including phenoxy) is 1. The minimum Gasteiger partial charge on any atom is -0.378 e. The topological polar surface area (TPSA) is 122 Å². The molecule has 0 spiro atoms. The van der Waals surface area contributed by atoms with E-state index >= 15 is 0 Å². The van der Waals surface area contributed by atoms with Crippen LogP contribution in [-0.2, 0) is 16.1 Å². The zero-order valence-corrected chi connectivity index (χ0v) is 19.4. The van der Waals surface area contributed by atoms with Crippen molar-refractivity contribution < 1.29 is 9.53 Å². The monoisotopic (exact) mass is 462 g/mol. The lowest BCUT2D eigenvalue weighted by molar-refractivity contribution is -0.119. The Morgan fingerprint density at radius 2 is 1.85 bits per heavy atom. The summed E-state index contributed by atoms with van der Waals surface area (Å²) in [6.45, 7) is 7.28. The van der Waals surface area contributed by atoms with Crippen LogP contribution in [0.2, 0.25) is 0 Å². The highest BCUT2D eigenvalue weighted by Crippen LogP contribution is 2.29. The fraction of sp³-hybridized carbons (Fsp3) is 0.458. The molecule has 1 amide bonds. The number of nitrogens with two attached hydrogens (primary N) is 1. The van der Waals surface area contributed by atoms with Gasteiger partial charge < -0.3 is 20.7 Å². The predicted molar refractivity (Wildman–Crippen MR) is 130 cm³/mol. The van der Waals surface area contributed by atoms with Crippen LogP contribution in [0.15, 0.2) is 30.6 Å². The Hall–Kier alpha value is -3.37. The van der Waals surface area contributed by atoms with Gasteiger partial charge in [0.1, 0.15) is 5.82 Å². The van der Waals surface area contributed by atoms with Crippen molar-refractivity contribution in [1.82, 2.24) is 30.2 Å². The summed E-state index contributed by atoms with van der Waals surface area (Å²) in [5.74, 6) is 1.76. The number of fused-ring (bicyclic) bond motifs is 1. The number of rotatable bonds is 5. The fourth-order valence-corrected chi connectivity index (χ4v) is 4.64. The number of hydrogen-bond donors (Lipinski definition) is 2. The molecule has 4 heterocycles. The van der Waals surface area contributed by atoms with Crippen LogP contribution in [0.5, 0.6) is 0 Å². The van der Waals surface area contributed by atoms with E-state index in [-0.39, 0.29) is 17.9 Å². The Kier molecular flexibility index (Phi) is 6.50. The number of carbonyl (C=O) groups is 1. The van der Waals surface area contributed by atoms with E-state index in [2.05, 4.69) is 43.3 Å². The number of aromatic nitrogens is 4. The standard InChI is InChI=1S/C24H30N8O2/c1-16(33)28-19-4-6-31(7-5-19)15-17-2-3-20-21(12-17)29-22(18-13-26-24(25)27-14-18)30-23(20)32-8-10-34-11-9-32/h2-3,12-14,19H,4-11,15H2,1H3,(H,28,33)(H2,25,26,27). The number of benzene rings is 1. The van der Waals surface area contributed by atoms with Crippen molar-refractivity contribution in [2.45, 2.75) is 32.4 Å². The molecule has 0 atom stereocenters. The molecule has 2 fully saturated rings. The summed E-state index contributed by atoms with van der Waals surface area (Å²) in [5, 5.41) is 4.06. The van der Waals surface area contributed by atoms with Crippen molar-refractivity contribution in [3.8, 4) is 11.4 Å². The number of nitrogen functional groups attached to an aromatic ring is 1. The molecule has 10 nitrogen and oxygen atoms in total. The number of morpholine rings is 1. The van der Waals surface area contributed by atoms with Crippen LogP contribution < -0.4 is 16.0 Å². The molecule has 2 aliphatic heterocycles. The van der Waals surface area contributed by atoms with Crippen molar-refractivity contribution in [3.63, 3.8) is 0 Å². The first kappa shape index (κ1) is 22.4. The first-order valence-corrected chi connectivity index (χ1v) is 11.8. The number of piperidine rings is 1. The fourth-order valence-electron chi connectivity index (χ4n) is 4.64. The highest BCUT2D eigenvalue weighted by Gasteiger charge is 2.21. The van der Waals surface area contributed by atoms with E-state index in [9.17, 15) is 4.79 Å². The molecule has 2 aromatic heterocycles. The van der Waals surface area contributed by atoms with E-state index in [1.54, 1.807) is 19.3 Å². The minimum absolute atomic E-state index is 0.0473. The zero-order valence-electron chi connectivity index (χ0n) is 19.4. The third-order valence-electron chi connectivity index (χ3n) is 6.38. The van der Waals surface area contributed by atoms with Gasteiger partial charge in [-0.3, -0.25) is 9.69 Å². The Labute approximate surface area is 198 Å². The van der Waals surface area contributed by atoms with Crippen LogP contribution in [0, 0.1) is 0 Å². The first-order chi connectivity index (χ1) is 16.5. The molecule has 0 aliphatic carbocycles. The van der Waals surface area contributed by atoms with E-state index in [1.165, 1.54) is 5.56 Å². The highest BCUT2D eigenvalue weighted by atomic mass is 16.5. The largest absolute Gasteiger partial charge is 0.378 e. The molecular weight excluding hydrogens is 432 g/mol. The van der Waals surface area contributed by atoms with E-state index in [1.807, 2.05) is 0 Å². The summed E-state index contributed by atoms with van der Waals surface area (Å²) in [4.78, 5) is 34.0. The van der Waals surface area contributed by atoms with Gasteiger partial charge in [0.2, 0.25) is 11.9 Å². The lowest BCUT2D eigenvalue weighted by Crippen LogP contribution is -2.43. The molecule has 0 unspecified atom stereocenters. The van der Waals surface area contributed by atoms with Crippen molar-refractivity contribution >= 4 is 28.6 Å². The average Bonchev–Trinajstić information content (AvgIpc) is 2.85. The average molecular weight is 463 g/mol. The van der Waals surface area contributed by atoms with Crippen LogP contribution in [-0.4, -0.2) is 76.2 Å². The summed E-state index contributed by atoms with van der Waals surface area (Å²) in [5.41, 5.74) is 8.51. The van der Waals surface area contributed by atoms with Gasteiger partial charge in [0.05, 0.1) is 24.3 Å². The summed E-state index contributed by atoms with van der Waals surface area (Å²) in [6, 6.07) is 6.73. The molecule has 1 aromatic carbocycles. The van der Waals surface area contributed by atoms with Gasteiger partial charge >= 0.3 is 0 Å². The molecule has 2 aliphatic rings. The molecule has 0 radical (unpaired) electrons. The number of nitrogens with zero attached hydrogens (tertiary/aromatic N) is 6. The summed E-state index contributed by atoms with van der Waals surface area (Å²) < 4.78 is 5.55. The molecule has 0 saturated carbocycles. The maximum absolute atomic E-state index is 11.3. The SMILES string of the molecule is CC(=O)NC1CCN(Cc2ccc3c(N4CCOCC4)nc(-c4cnc(N)nc4)nc3c2)CC1. The number of likely N-dealkylation sites (tertiary alicyclic amines) is 1. The van der Waals surface area contributed by atoms with Gasteiger partial charge in [0, 0.05) is 63.5 Å². The lowest BCUT2D eigenvalue weighted by atomic mass is 10.0. The smallest absolute Gasteiger partial charge is 0.219 e. The molecule has 178 valence electrons. The molecule has 2 saturated heterocycles. The van der Waals surface area contributed by atoms with Crippen molar-refractivity contribution in [2.75, 3.05) is 50.0 Å². The van der Waals surface area contributed by atoms with Gasteiger partial charge in [0.15, 0.2) is 5.82 Å². The van der Waals surface area contributed by atoms with Gasteiger partial charge in [0.25, 0.3) is 0 Å². The van der Waals surface area contributed by atoms with Crippen LogP contribution in [0.3, 0.4) is 0 Å². The summed E-state index contributed by atoms with van der Waals surface area (Å²) in [7, 11) is 0. The van der Waals surface area contributed by atoms with Gasteiger partial charge in [-0.15, -0.1) is 0 Å². The first-order valence-electron chi connectivity index (χ1n) is 11.8. The van der Waals surface area contributed by atoms with Crippen molar-refractivity contribution in [1.29, 1.82) is 0 Å². The van der Waals surface area contributed by atoms with E-state index < -0.39 is 0 Å². The second-order valence-corrected chi connectivity index (χ2v) is 8.90. The lowest BCUT2D eigenvalue weighted by Gasteiger charge is -2.32. The van der Waals surface area contributed by atoms with Crippen molar-refractivity contribution in [3.05, 3.63) is 36.2 Å². The Morgan fingerprint density at radius 1 is 1.12 bits per heavy atom. The normalized spacial score (nSPS) is 17.7. The molecule has 5 rings (SSSR count). The molecule has 0 bridgehead atoms. The number of amides is 1. The minimum atomic E-state index is 0.0473. The van der Waals surface area contributed by atoms with Crippen LogP contribution >= 0.6 is 0 Å². The molecule has 3 aromatic rings. The maximum atomic E-state index is 11.3. The zero-order chi connectivity index (χ0) is 23.5. The van der Waals surface area contributed by atoms with Crippen LogP contribution in [0.4, 0.5) is 11.8 Å². The van der Waals surface area contributed by atoms with E-state index in [4.69, 9.17) is 20.4 Å². The Morgan fingerprint density at radius 3 is 2.56 bits per heavy atom. The van der Waals surface area contributed by atoms with Crippen LogP contribution in [0.1, 0.15) is 25.3 Å². The van der Waals surface area contributed by atoms with Gasteiger partial charge in [-0.2, -0.15) is 0 Å². The van der Waals surface area contributed by atoms with Crippen molar-refractivity contribution in [2.24, 2.45) is 0 Å². The van der Waals surface area contributed by atoms with Crippen LogP contribution in [0.25, 0.3) is 22.3 Å². The predicted octanol–water partition coefficient (Wildman–Crippen LogP) is 1.61. The molecule has 3 N–H and O–H groups in total. The molecular formula is C24H30N8O2. The molecule has 34 heavy (non-hydrogen) atoms. The van der Waals surface area contributed by atoms with Gasteiger partial charge in [-0.25, -0.2) is 19.9 Å².